The van der Waals surface area contributed by atoms with E-state index in [4.69, 9.17) is 0 Å². The van der Waals surface area contributed by atoms with Crippen LogP contribution in [0.4, 0.5) is 18.9 Å². The first kappa shape index (κ1) is 22.9. The molecule has 11 heteroatoms. The van der Waals surface area contributed by atoms with Crippen molar-refractivity contribution in [2.24, 2.45) is 0 Å². The topological polar surface area (TPSA) is 85.1 Å². The number of fused-ring (bicyclic) bond motifs is 2. The highest BCUT2D eigenvalue weighted by atomic mass is 32.1. The molecule has 0 saturated carbocycles. The number of halogens is 3. The maximum absolute atomic E-state index is 13.0. The summed E-state index contributed by atoms with van der Waals surface area (Å²) >= 11 is 1.60. The Labute approximate surface area is 201 Å². The molecule has 3 heterocycles. The van der Waals surface area contributed by atoms with Crippen LogP contribution in [0.25, 0.3) is 26.6 Å². The molecule has 0 spiro atoms. The number of carbonyl (C=O) groups is 1. The molecule has 178 valence electrons. The maximum Gasteiger partial charge on any atom is 0.453 e. The minimum atomic E-state index is -4.66. The Kier molecular flexibility index (Phi) is 5.72. The van der Waals surface area contributed by atoms with E-state index in [1.54, 1.807) is 25.2 Å². The predicted octanol–water partition coefficient (Wildman–Crippen LogP) is 5.61. The molecule has 0 unspecified atom stereocenters. The van der Waals surface area contributed by atoms with Gasteiger partial charge in [-0.15, -0.1) is 16.4 Å². The van der Waals surface area contributed by atoms with E-state index in [1.807, 2.05) is 48.5 Å². The van der Waals surface area contributed by atoms with Crippen LogP contribution in [-0.2, 0) is 17.4 Å². The molecule has 0 aliphatic heterocycles. The molecule has 35 heavy (non-hydrogen) atoms. The second-order valence-corrected chi connectivity index (χ2v) is 9.05. The number of hydrogen-bond donors (Lipinski definition) is 1. The normalized spacial score (nSPS) is 11.9. The van der Waals surface area contributed by atoms with Crippen LogP contribution in [-0.4, -0.2) is 30.5 Å². The van der Waals surface area contributed by atoms with Gasteiger partial charge < -0.3 is 5.32 Å². The summed E-state index contributed by atoms with van der Waals surface area (Å²) in [5.41, 5.74) is 4.21. The molecule has 1 N–H and O–H groups in total. The maximum atomic E-state index is 13.0. The molecule has 2 aromatic carbocycles. The number of aromatic nitrogens is 5. The summed E-state index contributed by atoms with van der Waals surface area (Å²) in [5, 5.41) is 7.30. The van der Waals surface area contributed by atoms with Crippen molar-refractivity contribution in [3.05, 3.63) is 71.3 Å². The number of carbonyl (C=O) groups excluding carboxylic acids is 1. The molecule has 7 nitrogen and oxygen atoms in total. The van der Waals surface area contributed by atoms with Gasteiger partial charge in [0.15, 0.2) is 0 Å². The highest BCUT2D eigenvalue weighted by Gasteiger charge is 2.37. The molecule has 0 radical (unpaired) electrons. The number of alkyl halides is 3. The fourth-order valence-electron chi connectivity index (χ4n) is 3.84. The summed E-state index contributed by atoms with van der Waals surface area (Å²) in [6.45, 7) is 3.33. The first-order valence-electron chi connectivity index (χ1n) is 10.7. The van der Waals surface area contributed by atoms with Gasteiger partial charge in [0.2, 0.25) is 5.91 Å². The number of thiazole rings is 1. The lowest BCUT2D eigenvalue weighted by Gasteiger charge is -2.11. The third-order valence-electron chi connectivity index (χ3n) is 5.61. The number of aryl methyl sites for hydroxylation is 2. The smallest absolute Gasteiger partial charge is 0.326 e. The zero-order chi connectivity index (χ0) is 24.7. The number of hydrogen-bond acceptors (Lipinski definition) is 6. The number of amides is 1. The summed E-state index contributed by atoms with van der Waals surface area (Å²) in [6, 6.07) is 15.4. The van der Waals surface area contributed by atoms with Crippen molar-refractivity contribution in [3.63, 3.8) is 0 Å². The number of rotatable bonds is 5. The van der Waals surface area contributed by atoms with Crippen molar-refractivity contribution in [1.29, 1.82) is 0 Å². The lowest BCUT2D eigenvalue weighted by molar-refractivity contribution is -0.144. The quantitative estimate of drug-likeness (QED) is 0.342. The van der Waals surface area contributed by atoms with E-state index >= 15 is 0 Å². The minimum Gasteiger partial charge on any atom is -0.326 e. The largest absolute Gasteiger partial charge is 0.453 e. The summed E-state index contributed by atoms with van der Waals surface area (Å²) in [7, 11) is 0. The van der Waals surface area contributed by atoms with Gasteiger partial charge in [0.25, 0.3) is 11.6 Å². The molecule has 0 bridgehead atoms. The fraction of sp³-hybridized carbons (Fsp3) is 0.208. The van der Waals surface area contributed by atoms with Gasteiger partial charge in [-0.2, -0.15) is 18.2 Å². The van der Waals surface area contributed by atoms with Crippen LogP contribution in [0.2, 0.25) is 0 Å². The molecule has 3 aromatic heterocycles. The zero-order valence-corrected chi connectivity index (χ0v) is 19.5. The monoisotopic (exact) mass is 496 g/mol. The van der Waals surface area contributed by atoms with Crippen LogP contribution < -0.4 is 5.32 Å². The number of para-hydroxylation sites is 1. The van der Waals surface area contributed by atoms with Crippen molar-refractivity contribution in [2.75, 3.05) is 5.32 Å². The summed E-state index contributed by atoms with van der Waals surface area (Å²) in [4.78, 5) is 24.8. The number of nitrogens with one attached hydrogen (secondary N) is 1. The van der Waals surface area contributed by atoms with Crippen molar-refractivity contribution in [1.82, 2.24) is 24.6 Å². The molecule has 0 aliphatic carbocycles. The molecule has 0 atom stereocenters. The van der Waals surface area contributed by atoms with Gasteiger partial charge in [-0.1, -0.05) is 12.1 Å². The van der Waals surface area contributed by atoms with Crippen LogP contribution in [0, 0.1) is 13.8 Å². The van der Waals surface area contributed by atoms with Gasteiger partial charge in [0.1, 0.15) is 5.01 Å². The van der Waals surface area contributed by atoms with E-state index in [1.165, 1.54) is 0 Å². The Morgan fingerprint density at radius 2 is 1.77 bits per heavy atom. The Hall–Kier alpha value is -3.86. The summed E-state index contributed by atoms with van der Waals surface area (Å²) in [5.74, 6) is -1.57. The van der Waals surface area contributed by atoms with Crippen LogP contribution >= 0.6 is 11.3 Å². The molecular formula is C24H19F3N6OS. The van der Waals surface area contributed by atoms with Crippen LogP contribution in [0.5, 0.6) is 0 Å². The summed E-state index contributed by atoms with van der Waals surface area (Å²) < 4.78 is 41.1. The van der Waals surface area contributed by atoms with Crippen LogP contribution in [0.15, 0.2) is 48.5 Å². The van der Waals surface area contributed by atoms with Gasteiger partial charge in [0.05, 0.1) is 10.2 Å². The SMILES string of the molecule is Cc1nc2nc(C(F)(F)F)nn2c(C)c1CCC(=O)Nc1ccc(-c2nc3ccccc3s2)cc1. The minimum absolute atomic E-state index is 0.117. The van der Waals surface area contributed by atoms with E-state index in [0.717, 1.165) is 25.3 Å². The molecule has 5 aromatic rings. The molecule has 0 aliphatic rings. The second kappa shape index (κ2) is 8.73. The predicted molar refractivity (Wildman–Crippen MR) is 127 cm³/mol. The third-order valence-corrected chi connectivity index (χ3v) is 6.70. The Morgan fingerprint density at radius 3 is 2.49 bits per heavy atom. The Balaban J connectivity index is 1.26. The molecule has 0 saturated heterocycles. The van der Waals surface area contributed by atoms with Gasteiger partial charge >= 0.3 is 6.18 Å². The molecular weight excluding hydrogens is 477 g/mol. The van der Waals surface area contributed by atoms with Crippen molar-refractivity contribution in [3.8, 4) is 10.6 Å². The molecule has 5 rings (SSSR count). The first-order valence-corrected chi connectivity index (χ1v) is 11.6. The van der Waals surface area contributed by atoms with Crippen LogP contribution in [0.1, 0.15) is 29.2 Å². The van der Waals surface area contributed by atoms with E-state index in [9.17, 15) is 18.0 Å². The highest BCUT2D eigenvalue weighted by Crippen LogP contribution is 2.31. The first-order chi connectivity index (χ1) is 16.7. The second-order valence-electron chi connectivity index (χ2n) is 8.02. The van der Waals surface area contributed by atoms with Gasteiger partial charge in [-0.25, -0.2) is 14.5 Å². The van der Waals surface area contributed by atoms with E-state index in [-0.39, 0.29) is 18.1 Å². The van der Waals surface area contributed by atoms with Gasteiger partial charge in [0, 0.05) is 29.1 Å². The van der Waals surface area contributed by atoms with E-state index in [0.29, 0.717) is 29.1 Å². The third kappa shape index (κ3) is 4.59. The lowest BCUT2D eigenvalue weighted by Crippen LogP contribution is -2.14. The van der Waals surface area contributed by atoms with Crippen molar-refractivity contribution < 1.29 is 18.0 Å². The average Bonchev–Trinajstić information content (AvgIpc) is 3.44. The van der Waals surface area contributed by atoms with Gasteiger partial charge in [-0.05, 0) is 62.2 Å². The lowest BCUT2D eigenvalue weighted by atomic mass is 10.1. The van der Waals surface area contributed by atoms with Gasteiger partial charge in [-0.3, -0.25) is 4.79 Å². The van der Waals surface area contributed by atoms with Crippen molar-refractivity contribution >= 4 is 38.9 Å². The Morgan fingerprint density at radius 1 is 1.03 bits per heavy atom. The zero-order valence-electron chi connectivity index (χ0n) is 18.7. The summed E-state index contributed by atoms with van der Waals surface area (Å²) in [6.07, 6.45) is -4.22. The number of nitrogens with zero attached hydrogens (tertiary/aromatic N) is 5. The number of benzene rings is 2. The van der Waals surface area contributed by atoms with E-state index < -0.39 is 12.0 Å². The highest BCUT2D eigenvalue weighted by molar-refractivity contribution is 7.21. The standard InChI is InChI=1S/C24H19F3N6OS/c1-13-17(14(2)33-23(28-13)31-22(32-33)24(25,26)27)11-12-20(34)29-16-9-7-15(8-10-16)21-30-18-5-3-4-6-19(18)35-21/h3-10H,11-12H2,1-2H3,(H,29,34). The van der Waals surface area contributed by atoms with E-state index in [2.05, 4.69) is 25.4 Å². The Bertz CT molecular complexity index is 1520. The van der Waals surface area contributed by atoms with Crippen molar-refractivity contribution in [2.45, 2.75) is 32.9 Å². The molecule has 0 fully saturated rings. The fourth-order valence-corrected chi connectivity index (χ4v) is 4.82. The average molecular weight is 497 g/mol. The molecule has 1 amide bonds. The number of anilines is 1. The van der Waals surface area contributed by atoms with Crippen LogP contribution in [0.3, 0.4) is 0 Å².